The van der Waals surface area contributed by atoms with Gasteiger partial charge in [0.05, 0.1) is 6.10 Å². The number of halogens is 1. The van der Waals surface area contributed by atoms with Crippen LogP contribution in [0.4, 0.5) is 0 Å². The predicted molar refractivity (Wildman–Crippen MR) is 80.7 cm³/mol. The molecule has 2 aromatic rings. The van der Waals surface area contributed by atoms with Crippen molar-refractivity contribution in [1.82, 2.24) is 0 Å². The van der Waals surface area contributed by atoms with Gasteiger partial charge in [0.2, 0.25) is 0 Å². The Bertz CT molecular complexity index is 547. The third-order valence-electron chi connectivity index (χ3n) is 2.99. The molecule has 0 fully saturated rings. The third-order valence-corrected chi connectivity index (χ3v) is 3.68. The van der Waals surface area contributed by atoms with Crippen LogP contribution in [0.15, 0.2) is 46.9 Å². The molecule has 2 aromatic carbocycles. The largest absolute Gasteiger partial charge is 0.457 e. The highest BCUT2D eigenvalue weighted by Gasteiger charge is 2.07. The van der Waals surface area contributed by atoms with E-state index in [1.54, 1.807) is 6.92 Å². The summed E-state index contributed by atoms with van der Waals surface area (Å²) in [5.41, 5.74) is 2.15. The van der Waals surface area contributed by atoms with Crippen LogP contribution < -0.4 is 4.74 Å². The lowest BCUT2D eigenvalue weighted by Crippen LogP contribution is -1.93. The van der Waals surface area contributed by atoms with Crippen LogP contribution in [0, 0.1) is 0 Å². The van der Waals surface area contributed by atoms with E-state index in [1.807, 2.05) is 30.3 Å². The minimum absolute atomic E-state index is 0.493. The molecule has 1 N–H and O–H groups in total. The highest BCUT2D eigenvalue weighted by atomic mass is 79.9. The Labute approximate surface area is 122 Å². The third kappa shape index (κ3) is 3.58. The molecule has 0 aliphatic heterocycles. The molecule has 0 aliphatic rings. The van der Waals surface area contributed by atoms with E-state index in [0.717, 1.165) is 28.0 Å². The van der Waals surface area contributed by atoms with E-state index in [0.29, 0.717) is 0 Å². The van der Waals surface area contributed by atoms with E-state index in [2.05, 4.69) is 35.0 Å². The van der Waals surface area contributed by atoms with Crippen molar-refractivity contribution in [3.63, 3.8) is 0 Å². The van der Waals surface area contributed by atoms with Crippen molar-refractivity contribution in [2.24, 2.45) is 0 Å². The molecule has 0 aliphatic carbocycles. The molecule has 2 rings (SSSR count). The van der Waals surface area contributed by atoms with Gasteiger partial charge in [-0.05, 0) is 48.7 Å². The maximum absolute atomic E-state index is 9.57. The molecule has 3 heteroatoms. The molecule has 1 atom stereocenters. The van der Waals surface area contributed by atoms with E-state index in [9.17, 15) is 5.11 Å². The summed E-state index contributed by atoms with van der Waals surface area (Å²) in [5.74, 6) is 1.56. The SMILES string of the molecule is CCc1ccc(Oc2ccc([C@@H](C)O)c(Br)c2)cc1. The molecule has 0 bridgehead atoms. The van der Waals surface area contributed by atoms with Crippen molar-refractivity contribution in [2.75, 3.05) is 0 Å². The van der Waals surface area contributed by atoms with Crippen molar-refractivity contribution in [1.29, 1.82) is 0 Å². The van der Waals surface area contributed by atoms with E-state index in [-0.39, 0.29) is 0 Å². The molecule has 0 spiro atoms. The standard InChI is InChI=1S/C16H17BrO2/c1-3-12-4-6-13(7-5-12)19-14-8-9-15(11(2)18)16(17)10-14/h4-11,18H,3H2,1-2H3/t11-/m1/s1. The molecule has 100 valence electrons. The van der Waals surface area contributed by atoms with Crippen molar-refractivity contribution in [3.8, 4) is 11.5 Å². The van der Waals surface area contributed by atoms with E-state index >= 15 is 0 Å². The monoisotopic (exact) mass is 320 g/mol. The van der Waals surface area contributed by atoms with Gasteiger partial charge in [0, 0.05) is 4.47 Å². The summed E-state index contributed by atoms with van der Waals surface area (Å²) in [6, 6.07) is 13.7. The van der Waals surface area contributed by atoms with Gasteiger partial charge < -0.3 is 9.84 Å². The number of aryl methyl sites for hydroxylation is 1. The minimum atomic E-state index is -0.493. The predicted octanol–water partition coefficient (Wildman–Crippen LogP) is 4.86. The molecule has 0 heterocycles. The van der Waals surface area contributed by atoms with Crippen LogP contribution in [0.25, 0.3) is 0 Å². The first kappa shape index (κ1) is 14.1. The maximum atomic E-state index is 9.57. The van der Waals surface area contributed by atoms with Gasteiger partial charge in [-0.2, -0.15) is 0 Å². The number of ether oxygens (including phenoxy) is 1. The molecular formula is C16H17BrO2. The van der Waals surface area contributed by atoms with Crippen molar-refractivity contribution in [2.45, 2.75) is 26.4 Å². The molecule has 0 saturated carbocycles. The lowest BCUT2D eigenvalue weighted by atomic mass is 10.1. The zero-order valence-electron chi connectivity index (χ0n) is 11.1. The van der Waals surface area contributed by atoms with Gasteiger partial charge in [-0.3, -0.25) is 0 Å². The molecule has 0 amide bonds. The molecular weight excluding hydrogens is 304 g/mol. The Kier molecular flexibility index (Phi) is 4.61. The van der Waals surface area contributed by atoms with Gasteiger partial charge in [-0.15, -0.1) is 0 Å². The van der Waals surface area contributed by atoms with Gasteiger partial charge in [0.1, 0.15) is 11.5 Å². The Morgan fingerprint density at radius 3 is 2.26 bits per heavy atom. The lowest BCUT2D eigenvalue weighted by Gasteiger charge is -2.11. The number of rotatable bonds is 4. The van der Waals surface area contributed by atoms with Gasteiger partial charge in [0.15, 0.2) is 0 Å². The quantitative estimate of drug-likeness (QED) is 0.871. The van der Waals surface area contributed by atoms with Gasteiger partial charge in [-0.1, -0.05) is 41.1 Å². The number of aliphatic hydroxyl groups is 1. The normalized spacial score (nSPS) is 12.2. The maximum Gasteiger partial charge on any atom is 0.128 e. The van der Waals surface area contributed by atoms with Gasteiger partial charge >= 0.3 is 0 Å². The number of hydrogen-bond acceptors (Lipinski definition) is 2. The summed E-state index contributed by atoms with van der Waals surface area (Å²) in [6.07, 6.45) is 0.529. The molecule has 0 saturated heterocycles. The van der Waals surface area contributed by atoms with Crippen molar-refractivity contribution < 1.29 is 9.84 Å². The first-order valence-corrected chi connectivity index (χ1v) is 7.13. The summed E-state index contributed by atoms with van der Waals surface area (Å²) in [5, 5.41) is 9.57. The van der Waals surface area contributed by atoms with Crippen LogP contribution in [-0.2, 0) is 6.42 Å². The second kappa shape index (κ2) is 6.22. The van der Waals surface area contributed by atoms with Crippen LogP contribution in [0.5, 0.6) is 11.5 Å². The van der Waals surface area contributed by atoms with E-state index < -0.39 is 6.10 Å². The first-order valence-electron chi connectivity index (χ1n) is 6.34. The van der Waals surface area contributed by atoms with Gasteiger partial charge in [0.25, 0.3) is 0 Å². The van der Waals surface area contributed by atoms with Gasteiger partial charge in [-0.25, -0.2) is 0 Å². The second-order valence-corrected chi connectivity index (χ2v) is 5.31. The summed E-state index contributed by atoms with van der Waals surface area (Å²) >= 11 is 3.44. The Balaban J connectivity index is 2.16. The number of hydrogen-bond donors (Lipinski definition) is 1. The smallest absolute Gasteiger partial charge is 0.128 e. The van der Waals surface area contributed by atoms with E-state index in [1.165, 1.54) is 5.56 Å². The van der Waals surface area contributed by atoms with Crippen LogP contribution in [0.3, 0.4) is 0 Å². The summed E-state index contributed by atoms with van der Waals surface area (Å²) in [4.78, 5) is 0. The summed E-state index contributed by atoms with van der Waals surface area (Å²) in [7, 11) is 0. The van der Waals surface area contributed by atoms with Crippen molar-refractivity contribution in [3.05, 3.63) is 58.1 Å². The average molecular weight is 321 g/mol. The fraction of sp³-hybridized carbons (Fsp3) is 0.250. The fourth-order valence-electron chi connectivity index (χ4n) is 1.84. The average Bonchev–Trinajstić information content (AvgIpc) is 2.39. The number of aliphatic hydroxyl groups excluding tert-OH is 1. The Morgan fingerprint density at radius 2 is 1.74 bits per heavy atom. The first-order chi connectivity index (χ1) is 9.10. The molecule has 2 nitrogen and oxygen atoms in total. The summed E-state index contributed by atoms with van der Waals surface area (Å²) < 4.78 is 6.63. The van der Waals surface area contributed by atoms with E-state index in [4.69, 9.17) is 4.74 Å². The number of benzene rings is 2. The van der Waals surface area contributed by atoms with Crippen LogP contribution in [-0.4, -0.2) is 5.11 Å². The minimum Gasteiger partial charge on any atom is -0.457 e. The molecule has 0 aromatic heterocycles. The highest BCUT2D eigenvalue weighted by molar-refractivity contribution is 9.10. The lowest BCUT2D eigenvalue weighted by molar-refractivity contribution is 0.198. The Hall–Kier alpha value is -1.32. The molecule has 0 radical (unpaired) electrons. The Morgan fingerprint density at radius 1 is 1.11 bits per heavy atom. The zero-order chi connectivity index (χ0) is 13.8. The second-order valence-electron chi connectivity index (χ2n) is 4.46. The zero-order valence-corrected chi connectivity index (χ0v) is 12.6. The molecule has 19 heavy (non-hydrogen) atoms. The van der Waals surface area contributed by atoms with Crippen LogP contribution >= 0.6 is 15.9 Å². The van der Waals surface area contributed by atoms with Crippen LogP contribution in [0.1, 0.15) is 31.1 Å². The molecule has 0 unspecified atom stereocenters. The fourth-order valence-corrected chi connectivity index (χ4v) is 2.53. The highest BCUT2D eigenvalue weighted by Crippen LogP contribution is 2.30. The summed E-state index contributed by atoms with van der Waals surface area (Å²) in [6.45, 7) is 3.87. The van der Waals surface area contributed by atoms with Crippen molar-refractivity contribution >= 4 is 15.9 Å². The topological polar surface area (TPSA) is 29.5 Å². The van der Waals surface area contributed by atoms with Crippen LogP contribution in [0.2, 0.25) is 0 Å².